The van der Waals surface area contributed by atoms with Crippen LogP contribution in [0.5, 0.6) is 0 Å². The molecule has 1 unspecified atom stereocenters. The van der Waals surface area contributed by atoms with Crippen LogP contribution in [0.4, 0.5) is 0 Å². The Balaban J connectivity index is 4.24. The van der Waals surface area contributed by atoms with Crippen molar-refractivity contribution in [2.24, 2.45) is 0 Å². The van der Waals surface area contributed by atoms with Gasteiger partial charge in [-0.25, -0.2) is 4.57 Å². The van der Waals surface area contributed by atoms with Crippen molar-refractivity contribution < 1.29 is 19.1 Å². The summed E-state index contributed by atoms with van der Waals surface area (Å²) in [6, 6.07) is -0.653. The van der Waals surface area contributed by atoms with Gasteiger partial charge in [-0.15, -0.1) is 5.09 Å². The van der Waals surface area contributed by atoms with E-state index in [2.05, 4.69) is 5.09 Å². The minimum atomic E-state index is -4.38. The number of carbonyl (C=O) groups excluding carboxylic acids is 1. The van der Waals surface area contributed by atoms with Gasteiger partial charge in [0.2, 0.25) is 5.91 Å². The van der Waals surface area contributed by atoms with Crippen LogP contribution in [0.1, 0.15) is 40.0 Å². The molecule has 0 fully saturated rings. The minimum absolute atomic E-state index is 0.0467. The lowest BCUT2D eigenvalue weighted by atomic mass is 10.2. The molecule has 0 rings (SSSR count). The van der Waals surface area contributed by atoms with E-state index in [4.69, 9.17) is 9.79 Å². The lowest BCUT2D eigenvalue weighted by Gasteiger charge is -2.23. The summed E-state index contributed by atoms with van der Waals surface area (Å²) in [4.78, 5) is 30.9. The van der Waals surface area contributed by atoms with Crippen molar-refractivity contribution in [3.05, 3.63) is 0 Å². The zero-order valence-electron chi connectivity index (χ0n) is 10.7. The van der Waals surface area contributed by atoms with Crippen molar-refractivity contribution in [1.82, 2.24) is 9.99 Å². The average Bonchev–Trinajstić information content (AvgIpc) is 2.14. The van der Waals surface area contributed by atoms with Gasteiger partial charge in [0.1, 0.15) is 0 Å². The van der Waals surface area contributed by atoms with Gasteiger partial charge in [-0.05, 0) is 19.8 Å². The van der Waals surface area contributed by atoms with Crippen LogP contribution < -0.4 is 5.09 Å². The summed E-state index contributed by atoms with van der Waals surface area (Å²) in [5.41, 5.74) is 0. The minimum Gasteiger partial charge on any atom is -0.343 e. The Hall–Kier alpha value is -0.420. The Morgan fingerprint density at radius 3 is 2.12 bits per heavy atom. The second-order valence-electron chi connectivity index (χ2n) is 4.06. The maximum absolute atomic E-state index is 11.8. The van der Waals surface area contributed by atoms with Crippen LogP contribution in [0.15, 0.2) is 0 Å². The van der Waals surface area contributed by atoms with Crippen molar-refractivity contribution in [3.63, 3.8) is 0 Å². The lowest BCUT2D eigenvalue weighted by Crippen LogP contribution is -2.35. The number of nitrogens with zero attached hydrogens (tertiary/aromatic N) is 2. The number of amides is 1. The molecule has 0 saturated heterocycles. The third-order valence-corrected chi connectivity index (χ3v) is 2.85. The monoisotopic (exact) mass is 265 g/mol. The van der Waals surface area contributed by atoms with Gasteiger partial charge in [0.25, 0.3) is 0 Å². The highest BCUT2D eigenvalue weighted by atomic mass is 31.2. The molecule has 0 aliphatic rings. The first kappa shape index (κ1) is 16.6. The van der Waals surface area contributed by atoms with Gasteiger partial charge in [-0.1, -0.05) is 13.8 Å². The summed E-state index contributed by atoms with van der Waals surface area (Å²) in [7, 11) is -4.38. The molecule has 0 aliphatic heterocycles. The van der Waals surface area contributed by atoms with Gasteiger partial charge in [0, 0.05) is 25.6 Å². The lowest BCUT2D eigenvalue weighted by molar-refractivity contribution is -0.131. The molecule has 0 heterocycles. The molecule has 0 aromatic heterocycles. The number of carbonyl (C=O) groups is 1. The summed E-state index contributed by atoms with van der Waals surface area (Å²) in [5, 5.41) is 3.27. The Morgan fingerprint density at radius 1 is 1.29 bits per heavy atom. The molecule has 1 atom stereocenters. The quantitative estimate of drug-likeness (QED) is 0.643. The number of rotatable bonds is 8. The Kier molecular flexibility index (Phi) is 7.63. The second kappa shape index (κ2) is 7.82. The van der Waals surface area contributed by atoms with E-state index in [1.807, 2.05) is 13.8 Å². The zero-order chi connectivity index (χ0) is 13.5. The molecule has 0 spiro atoms. The smallest absolute Gasteiger partial charge is 0.343 e. The first-order valence-electron chi connectivity index (χ1n) is 5.85. The molecule has 0 saturated carbocycles. The molecule has 1 radical (unpaired) electrons. The first-order chi connectivity index (χ1) is 7.80. The summed E-state index contributed by atoms with van der Waals surface area (Å²) in [5.74, 6) is -0.0987. The third-order valence-electron chi connectivity index (χ3n) is 2.16. The van der Waals surface area contributed by atoms with Crippen molar-refractivity contribution in [3.8, 4) is 0 Å². The fraction of sp³-hybridized carbons (Fsp3) is 0.900. The highest BCUT2D eigenvalue weighted by Crippen LogP contribution is 2.32. The van der Waals surface area contributed by atoms with Crippen molar-refractivity contribution in [2.75, 3.05) is 13.1 Å². The molecule has 6 nitrogen and oxygen atoms in total. The normalized spacial score (nSPS) is 13.5. The molecule has 2 N–H and O–H groups in total. The van der Waals surface area contributed by atoms with Crippen LogP contribution in [0, 0.1) is 0 Å². The standard InChI is InChI=1S/C10H22N2O4P/c1-4-6-12(7-5-2)10(13)8-9(3)11-17(14,15)16/h9H,4-8H2,1-3H3,(H2,14,15,16). The van der Waals surface area contributed by atoms with Crippen LogP contribution in [0.3, 0.4) is 0 Å². The van der Waals surface area contributed by atoms with Crippen LogP contribution in [0.2, 0.25) is 0 Å². The number of hydrogen-bond acceptors (Lipinski definition) is 2. The first-order valence-corrected chi connectivity index (χ1v) is 7.42. The Bertz CT molecular complexity index is 273. The van der Waals surface area contributed by atoms with Gasteiger partial charge < -0.3 is 14.7 Å². The molecule has 0 aromatic carbocycles. The zero-order valence-corrected chi connectivity index (χ0v) is 11.6. The maximum atomic E-state index is 11.8. The van der Waals surface area contributed by atoms with Gasteiger partial charge in [0.15, 0.2) is 0 Å². The van der Waals surface area contributed by atoms with Crippen molar-refractivity contribution >= 4 is 13.7 Å². The molecule has 101 valence electrons. The highest BCUT2D eigenvalue weighted by Gasteiger charge is 2.22. The van der Waals surface area contributed by atoms with E-state index < -0.39 is 13.8 Å². The summed E-state index contributed by atoms with van der Waals surface area (Å²) in [6.07, 6.45) is 1.79. The van der Waals surface area contributed by atoms with E-state index in [-0.39, 0.29) is 12.3 Å². The SMILES string of the molecule is CCCN(CCC)C(=O)CC(C)[N]P(=O)(O)O. The molecule has 0 aromatic rings. The molecule has 0 aliphatic carbocycles. The van der Waals surface area contributed by atoms with Crippen molar-refractivity contribution in [1.29, 1.82) is 0 Å². The van der Waals surface area contributed by atoms with E-state index in [1.54, 1.807) is 4.90 Å². The van der Waals surface area contributed by atoms with Crippen LogP contribution in [-0.2, 0) is 9.36 Å². The second-order valence-corrected chi connectivity index (χ2v) is 5.32. The van der Waals surface area contributed by atoms with Gasteiger partial charge >= 0.3 is 7.75 Å². The molecule has 17 heavy (non-hydrogen) atoms. The molecule has 1 amide bonds. The van der Waals surface area contributed by atoms with E-state index in [1.165, 1.54) is 6.92 Å². The molecular weight excluding hydrogens is 243 g/mol. The van der Waals surface area contributed by atoms with Gasteiger partial charge in [-0.2, -0.15) is 0 Å². The summed E-state index contributed by atoms with van der Waals surface area (Å²) in [6.45, 7) is 6.86. The van der Waals surface area contributed by atoms with Crippen LogP contribution >= 0.6 is 7.75 Å². The maximum Gasteiger partial charge on any atom is 0.417 e. The van der Waals surface area contributed by atoms with E-state index in [0.29, 0.717) is 13.1 Å². The average molecular weight is 265 g/mol. The molecular formula is C10H22N2O4P. The summed E-state index contributed by atoms with van der Waals surface area (Å²) < 4.78 is 10.6. The summed E-state index contributed by atoms with van der Waals surface area (Å²) >= 11 is 0. The molecule has 7 heteroatoms. The van der Waals surface area contributed by atoms with Gasteiger partial charge in [0.05, 0.1) is 0 Å². The fourth-order valence-electron chi connectivity index (χ4n) is 1.58. The topological polar surface area (TPSA) is 91.9 Å². The Labute approximate surface area is 103 Å². The molecule has 0 bridgehead atoms. The highest BCUT2D eigenvalue weighted by molar-refractivity contribution is 7.49. The third kappa shape index (κ3) is 8.32. The number of hydrogen-bond donors (Lipinski definition) is 2. The van der Waals surface area contributed by atoms with E-state index in [9.17, 15) is 9.36 Å². The Morgan fingerprint density at radius 2 is 1.76 bits per heavy atom. The van der Waals surface area contributed by atoms with E-state index in [0.717, 1.165) is 12.8 Å². The van der Waals surface area contributed by atoms with Crippen LogP contribution in [0.25, 0.3) is 0 Å². The van der Waals surface area contributed by atoms with Crippen LogP contribution in [-0.4, -0.2) is 39.7 Å². The van der Waals surface area contributed by atoms with Gasteiger partial charge in [-0.3, -0.25) is 4.79 Å². The predicted molar refractivity (Wildman–Crippen MR) is 65.4 cm³/mol. The largest absolute Gasteiger partial charge is 0.417 e. The fourth-order valence-corrected chi connectivity index (χ4v) is 2.18. The predicted octanol–water partition coefficient (Wildman–Crippen LogP) is 1.11. The van der Waals surface area contributed by atoms with E-state index >= 15 is 0 Å². The van der Waals surface area contributed by atoms with Crippen molar-refractivity contribution in [2.45, 2.75) is 46.1 Å².